The van der Waals surface area contributed by atoms with Crippen molar-refractivity contribution in [3.8, 4) is 11.1 Å². The van der Waals surface area contributed by atoms with Crippen LogP contribution in [0.1, 0.15) is 16.7 Å². The van der Waals surface area contributed by atoms with E-state index in [4.69, 9.17) is 15.2 Å². The number of ether oxygens (including phenoxy) is 2. The van der Waals surface area contributed by atoms with Gasteiger partial charge >= 0.3 is 0 Å². The monoisotopic (exact) mass is 498 g/mol. The molecule has 3 aromatic carbocycles. The van der Waals surface area contributed by atoms with Gasteiger partial charge in [-0.2, -0.15) is 0 Å². The van der Waals surface area contributed by atoms with Gasteiger partial charge in [0.2, 0.25) is 5.91 Å². The third kappa shape index (κ3) is 4.94. The number of amides is 1. The minimum atomic E-state index is -0.330. The molecule has 192 valence electrons. The molecule has 2 aliphatic heterocycles. The van der Waals surface area contributed by atoms with E-state index in [-0.39, 0.29) is 12.3 Å². The van der Waals surface area contributed by atoms with Gasteiger partial charge in [-0.05, 0) is 59.0 Å². The number of benzene rings is 3. The van der Waals surface area contributed by atoms with Gasteiger partial charge in [-0.25, -0.2) is 0 Å². The molecule has 1 amide bonds. The van der Waals surface area contributed by atoms with E-state index in [9.17, 15) is 4.79 Å². The van der Waals surface area contributed by atoms with E-state index in [1.807, 2.05) is 0 Å². The Hall–Kier alpha value is -3.39. The number of nitrogens with one attached hydrogen (secondary N) is 1. The van der Waals surface area contributed by atoms with Crippen molar-refractivity contribution in [3.05, 3.63) is 65.2 Å². The second-order valence-electron chi connectivity index (χ2n) is 10.2. The molecule has 0 unspecified atom stereocenters. The minimum Gasteiger partial charge on any atom is -0.379 e. The summed E-state index contributed by atoms with van der Waals surface area (Å²) in [5.74, 6) is -0.330. The number of anilines is 1. The van der Waals surface area contributed by atoms with E-state index in [0.29, 0.717) is 0 Å². The van der Waals surface area contributed by atoms with Crippen LogP contribution in [-0.4, -0.2) is 68.4 Å². The van der Waals surface area contributed by atoms with E-state index < -0.39 is 0 Å². The van der Waals surface area contributed by atoms with Gasteiger partial charge in [-0.15, -0.1) is 0 Å². The van der Waals surface area contributed by atoms with Gasteiger partial charge in [0, 0.05) is 54.7 Å². The molecule has 0 spiro atoms. The molecule has 37 heavy (non-hydrogen) atoms. The Labute approximate surface area is 217 Å². The molecule has 2 fully saturated rings. The van der Waals surface area contributed by atoms with Crippen LogP contribution in [0, 0.1) is 6.92 Å². The van der Waals surface area contributed by atoms with Crippen LogP contribution in [0.15, 0.2) is 48.5 Å². The Morgan fingerprint density at radius 3 is 2.35 bits per heavy atom. The summed E-state index contributed by atoms with van der Waals surface area (Å²) in [6, 6.07) is 17.6. The first kappa shape index (κ1) is 24.0. The number of carbonyl (C=O) groups excluding carboxylic acids is 1. The molecule has 3 heterocycles. The molecule has 0 radical (unpaired) electrons. The fraction of sp³-hybridized carbons (Fsp3) is 0.367. The van der Waals surface area contributed by atoms with Gasteiger partial charge in [0.15, 0.2) is 0 Å². The van der Waals surface area contributed by atoms with E-state index in [2.05, 4.69) is 70.2 Å². The Morgan fingerprint density at radius 2 is 1.62 bits per heavy atom. The molecule has 2 aliphatic rings. The predicted octanol–water partition coefficient (Wildman–Crippen LogP) is 3.99. The van der Waals surface area contributed by atoms with Crippen molar-refractivity contribution in [2.45, 2.75) is 19.9 Å². The van der Waals surface area contributed by atoms with Crippen LogP contribution in [0.4, 0.5) is 5.69 Å². The van der Waals surface area contributed by atoms with Crippen molar-refractivity contribution < 1.29 is 14.3 Å². The van der Waals surface area contributed by atoms with Crippen LogP contribution in [0.2, 0.25) is 0 Å². The van der Waals surface area contributed by atoms with Crippen molar-refractivity contribution >= 4 is 33.4 Å². The molecule has 4 aromatic rings. The molecule has 0 aliphatic carbocycles. The largest absolute Gasteiger partial charge is 0.379 e. The molecule has 1 aromatic heterocycles. The van der Waals surface area contributed by atoms with Crippen LogP contribution in [0.5, 0.6) is 0 Å². The topological polar surface area (TPSA) is 83.8 Å². The number of rotatable bonds is 6. The molecule has 2 saturated heterocycles. The zero-order chi connectivity index (χ0) is 25.4. The van der Waals surface area contributed by atoms with Crippen LogP contribution >= 0.6 is 0 Å². The highest BCUT2D eigenvalue weighted by Gasteiger charge is 2.17. The number of morpholine rings is 2. The summed E-state index contributed by atoms with van der Waals surface area (Å²) in [6.07, 6.45) is 0.196. The van der Waals surface area contributed by atoms with E-state index >= 15 is 0 Å². The summed E-state index contributed by atoms with van der Waals surface area (Å²) in [6.45, 7) is 9.97. The number of primary amides is 1. The number of hydrogen-bond donors (Lipinski definition) is 2. The van der Waals surface area contributed by atoms with Crippen LogP contribution in [-0.2, 0) is 27.2 Å². The first-order valence-electron chi connectivity index (χ1n) is 13.1. The van der Waals surface area contributed by atoms with Crippen molar-refractivity contribution in [1.29, 1.82) is 0 Å². The summed E-state index contributed by atoms with van der Waals surface area (Å²) in [5, 5.41) is 2.27. The van der Waals surface area contributed by atoms with Crippen LogP contribution < -0.4 is 10.6 Å². The zero-order valence-corrected chi connectivity index (χ0v) is 21.4. The molecule has 0 atom stereocenters. The van der Waals surface area contributed by atoms with Gasteiger partial charge in [-0.1, -0.05) is 24.3 Å². The Balaban J connectivity index is 1.39. The van der Waals surface area contributed by atoms with Crippen molar-refractivity contribution in [3.63, 3.8) is 0 Å². The minimum absolute atomic E-state index is 0.196. The normalized spacial score (nSPS) is 17.1. The van der Waals surface area contributed by atoms with Gasteiger partial charge < -0.3 is 25.1 Å². The molecule has 0 saturated carbocycles. The summed E-state index contributed by atoms with van der Waals surface area (Å²) in [4.78, 5) is 20.4. The number of aryl methyl sites for hydroxylation is 1. The quantitative estimate of drug-likeness (QED) is 0.420. The second-order valence-corrected chi connectivity index (χ2v) is 10.2. The van der Waals surface area contributed by atoms with Crippen molar-refractivity contribution in [2.75, 3.05) is 57.5 Å². The lowest BCUT2D eigenvalue weighted by molar-refractivity contribution is -0.117. The SMILES string of the molecule is Cc1cc(-c2cc(CC(N)=O)c3[nH]c4cc(N5CCOCC5)ccc4c3c2)ccc1CN1CCOCC1. The standard InChI is InChI=1S/C30H34N4O3/c1-20-14-21(2-3-22(20)19-33-6-10-36-11-7-33)23-15-24(17-29(31)35)30-27(16-23)26-5-4-25(18-28(26)32-30)34-8-12-37-13-9-34/h2-5,14-16,18,32H,6-13,17,19H2,1H3,(H2,31,35). The van der Waals surface area contributed by atoms with E-state index in [0.717, 1.165) is 97.6 Å². The average Bonchev–Trinajstić information content (AvgIpc) is 3.29. The lowest BCUT2D eigenvalue weighted by atomic mass is 9.95. The molecule has 6 rings (SSSR count). The van der Waals surface area contributed by atoms with Gasteiger partial charge in [-0.3, -0.25) is 9.69 Å². The van der Waals surface area contributed by atoms with Crippen molar-refractivity contribution in [1.82, 2.24) is 9.88 Å². The van der Waals surface area contributed by atoms with Gasteiger partial charge in [0.1, 0.15) is 0 Å². The first-order chi connectivity index (χ1) is 18.0. The summed E-state index contributed by atoms with van der Waals surface area (Å²) in [5.41, 5.74) is 14.7. The maximum atomic E-state index is 12.0. The number of aromatic nitrogens is 1. The second kappa shape index (κ2) is 10.2. The highest BCUT2D eigenvalue weighted by atomic mass is 16.5. The highest BCUT2D eigenvalue weighted by Crippen LogP contribution is 2.35. The third-order valence-electron chi connectivity index (χ3n) is 7.69. The lowest BCUT2D eigenvalue weighted by Crippen LogP contribution is -2.36. The van der Waals surface area contributed by atoms with Crippen LogP contribution in [0.25, 0.3) is 32.9 Å². The molecular weight excluding hydrogens is 464 g/mol. The highest BCUT2D eigenvalue weighted by molar-refractivity contribution is 6.11. The first-order valence-corrected chi connectivity index (χ1v) is 13.1. The molecular formula is C30H34N4O3. The molecule has 7 nitrogen and oxygen atoms in total. The fourth-order valence-electron chi connectivity index (χ4n) is 5.63. The summed E-state index contributed by atoms with van der Waals surface area (Å²) < 4.78 is 11.0. The molecule has 0 bridgehead atoms. The van der Waals surface area contributed by atoms with E-state index in [1.165, 1.54) is 16.8 Å². The van der Waals surface area contributed by atoms with E-state index in [1.54, 1.807) is 0 Å². The number of fused-ring (bicyclic) bond motifs is 3. The number of hydrogen-bond acceptors (Lipinski definition) is 5. The maximum absolute atomic E-state index is 12.0. The van der Waals surface area contributed by atoms with Crippen LogP contribution in [0.3, 0.4) is 0 Å². The Kier molecular flexibility index (Phi) is 6.59. The number of nitrogens with zero attached hydrogens (tertiary/aromatic N) is 2. The molecule has 3 N–H and O–H groups in total. The zero-order valence-electron chi connectivity index (χ0n) is 21.4. The molecule has 7 heteroatoms. The average molecular weight is 499 g/mol. The number of nitrogens with two attached hydrogens (primary N) is 1. The Bertz CT molecular complexity index is 1450. The number of aromatic amines is 1. The number of carbonyl (C=O) groups is 1. The van der Waals surface area contributed by atoms with Gasteiger partial charge in [0.25, 0.3) is 0 Å². The maximum Gasteiger partial charge on any atom is 0.221 e. The number of H-pyrrole nitrogens is 1. The summed E-state index contributed by atoms with van der Waals surface area (Å²) in [7, 11) is 0. The summed E-state index contributed by atoms with van der Waals surface area (Å²) >= 11 is 0. The van der Waals surface area contributed by atoms with Crippen molar-refractivity contribution in [2.24, 2.45) is 5.73 Å². The fourth-order valence-corrected chi connectivity index (χ4v) is 5.63. The Morgan fingerprint density at radius 1 is 0.865 bits per heavy atom. The van der Waals surface area contributed by atoms with Gasteiger partial charge in [0.05, 0.1) is 38.4 Å². The predicted molar refractivity (Wildman–Crippen MR) is 148 cm³/mol. The smallest absolute Gasteiger partial charge is 0.221 e. The third-order valence-corrected chi connectivity index (χ3v) is 7.69. The lowest BCUT2D eigenvalue weighted by Gasteiger charge is -2.28.